The molecule has 0 bridgehead atoms. The summed E-state index contributed by atoms with van der Waals surface area (Å²) >= 11 is 0. The standard InChI is InChI=1S/C18H20N4/c1-13-5-7-14(8-6-13)15-11-19-17-16(15)18(21-12-20-17)22-9-3-2-4-10-22/h5-8,11-12H,2-4,9-10H2,1H3,(H,19,20,21). The van der Waals surface area contributed by atoms with E-state index in [1.165, 1.54) is 36.0 Å². The predicted octanol–water partition coefficient (Wildman–Crippen LogP) is 3.92. The maximum Gasteiger partial charge on any atom is 0.143 e. The van der Waals surface area contributed by atoms with E-state index in [-0.39, 0.29) is 0 Å². The van der Waals surface area contributed by atoms with Gasteiger partial charge in [-0.2, -0.15) is 0 Å². The minimum absolute atomic E-state index is 0.922. The Bertz CT molecular complexity index is 782. The van der Waals surface area contributed by atoms with Crippen molar-refractivity contribution < 1.29 is 0 Å². The maximum absolute atomic E-state index is 4.60. The van der Waals surface area contributed by atoms with E-state index >= 15 is 0 Å². The third-order valence-corrected chi connectivity index (χ3v) is 4.47. The number of aromatic amines is 1. The number of aryl methyl sites for hydroxylation is 1. The minimum atomic E-state index is 0.922. The van der Waals surface area contributed by atoms with E-state index < -0.39 is 0 Å². The average Bonchev–Trinajstić information content (AvgIpc) is 3.00. The number of nitrogens with zero attached hydrogens (tertiary/aromatic N) is 3. The first-order valence-corrected chi connectivity index (χ1v) is 7.97. The Kier molecular flexibility index (Phi) is 3.29. The van der Waals surface area contributed by atoms with Gasteiger partial charge >= 0.3 is 0 Å². The van der Waals surface area contributed by atoms with E-state index in [1.54, 1.807) is 6.33 Å². The van der Waals surface area contributed by atoms with Crippen molar-refractivity contribution in [2.45, 2.75) is 26.2 Å². The highest BCUT2D eigenvalue weighted by Gasteiger charge is 2.19. The topological polar surface area (TPSA) is 44.8 Å². The van der Waals surface area contributed by atoms with Crippen molar-refractivity contribution in [3.63, 3.8) is 0 Å². The molecule has 0 saturated carbocycles. The molecule has 1 aromatic carbocycles. The number of hydrogen-bond acceptors (Lipinski definition) is 3. The summed E-state index contributed by atoms with van der Waals surface area (Å²) in [5.74, 6) is 1.07. The molecule has 1 aliphatic rings. The summed E-state index contributed by atoms with van der Waals surface area (Å²) < 4.78 is 0. The molecule has 0 aliphatic carbocycles. The van der Waals surface area contributed by atoms with Gasteiger partial charge in [-0.25, -0.2) is 9.97 Å². The number of aromatic nitrogens is 3. The van der Waals surface area contributed by atoms with Gasteiger partial charge < -0.3 is 9.88 Å². The Morgan fingerprint density at radius 3 is 2.55 bits per heavy atom. The van der Waals surface area contributed by atoms with Gasteiger partial charge in [-0.15, -0.1) is 0 Å². The first-order chi connectivity index (χ1) is 10.8. The highest BCUT2D eigenvalue weighted by Crippen LogP contribution is 2.34. The Balaban J connectivity index is 1.87. The number of fused-ring (bicyclic) bond motifs is 1. The number of anilines is 1. The molecule has 3 heterocycles. The second-order valence-electron chi connectivity index (χ2n) is 6.04. The van der Waals surface area contributed by atoms with E-state index in [1.807, 2.05) is 0 Å². The third-order valence-electron chi connectivity index (χ3n) is 4.47. The van der Waals surface area contributed by atoms with Crippen molar-refractivity contribution in [3.05, 3.63) is 42.4 Å². The lowest BCUT2D eigenvalue weighted by Crippen LogP contribution is -2.30. The molecule has 1 saturated heterocycles. The zero-order chi connectivity index (χ0) is 14.9. The number of rotatable bonds is 2. The molecule has 3 aromatic rings. The molecule has 4 nitrogen and oxygen atoms in total. The van der Waals surface area contributed by atoms with Gasteiger partial charge in [0.15, 0.2) is 0 Å². The van der Waals surface area contributed by atoms with Crippen LogP contribution in [-0.4, -0.2) is 28.0 Å². The van der Waals surface area contributed by atoms with Crippen molar-refractivity contribution in [3.8, 4) is 11.1 Å². The van der Waals surface area contributed by atoms with Gasteiger partial charge in [0.2, 0.25) is 0 Å². The fourth-order valence-corrected chi connectivity index (χ4v) is 3.25. The van der Waals surface area contributed by atoms with Gasteiger partial charge in [-0.1, -0.05) is 29.8 Å². The number of H-pyrrole nitrogens is 1. The lowest BCUT2D eigenvalue weighted by atomic mass is 10.0. The van der Waals surface area contributed by atoms with Crippen LogP contribution in [0.25, 0.3) is 22.2 Å². The summed E-state index contributed by atoms with van der Waals surface area (Å²) in [5.41, 5.74) is 4.60. The first kappa shape index (κ1) is 13.3. The van der Waals surface area contributed by atoms with E-state index in [0.29, 0.717) is 0 Å². The molecule has 1 N–H and O–H groups in total. The fraction of sp³-hybridized carbons (Fsp3) is 0.333. The molecule has 0 spiro atoms. The van der Waals surface area contributed by atoms with Gasteiger partial charge in [0.1, 0.15) is 17.8 Å². The van der Waals surface area contributed by atoms with Crippen LogP contribution >= 0.6 is 0 Å². The first-order valence-electron chi connectivity index (χ1n) is 7.97. The summed E-state index contributed by atoms with van der Waals surface area (Å²) in [5, 5.41) is 1.15. The predicted molar refractivity (Wildman–Crippen MR) is 90.1 cm³/mol. The van der Waals surface area contributed by atoms with Crippen LogP contribution in [-0.2, 0) is 0 Å². The quantitative estimate of drug-likeness (QED) is 0.778. The van der Waals surface area contributed by atoms with Gasteiger partial charge in [0, 0.05) is 24.8 Å². The average molecular weight is 292 g/mol. The normalized spacial score (nSPS) is 15.4. The van der Waals surface area contributed by atoms with Crippen molar-refractivity contribution in [1.29, 1.82) is 0 Å². The van der Waals surface area contributed by atoms with Crippen molar-refractivity contribution in [2.24, 2.45) is 0 Å². The van der Waals surface area contributed by atoms with E-state index in [0.717, 1.165) is 29.9 Å². The number of benzene rings is 1. The lowest BCUT2D eigenvalue weighted by Gasteiger charge is -2.28. The van der Waals surface area contributed by atoms with Gasteiger partial charge in [0.25, 0.3) is 0 Å². The molecule has 0 unspecified atom stereocenters. The molecular formula is C18H20N4. The van der Waals surface area contributed by atoms with Crippen LogP contribution in [0.2, 0.25) is 0 Å². The van der Waals surface area contributed by atoms with Crippen molar-refractivity contribution >= 4 is 16.9 Å². The lowest BCUT2D eigenvalue weighted by molar-refractivity contribution is 0.574. The summed E-state index contributed by atoms with van der Waals surface area (Å²) in [6, 6.07) is 8.65. The highest BCUT2D eigenvalue weighted by molar-refractivity contribution is 6.01. The number of piperidine rings is 1. The minimum Gasteiger partial charge on any atom is -0.356 e. The largest absolute Gasteiger partial charge is 0.356 e. The van der Waals surface area contributed by atoms with Crippen LogP contribution in [0.1, 0.15) is 24.8 Å². The fourth-order valence-electron chi connectivity index (χ4n) is 3.25. The molecule has 112 valence electrons. The maximum atomic E-state index is 4.60. The zero-order valence-corrected chi connectivity index (χ0v) is 12.8. The monoisotopic (exact) mass is 292 g/mol. The molecule has 0 atom stereocenters. The van der Waals surface area contributed by atoms with Crippen molar-refractivity contribution in [2.75, 3.05) is 18.0 Å². The molecule has 0 amide bonds. The molecule has 1 fully saturated rings. The van der Waals surface area contributed by atoms with Crippen LogP contribution < -0.4 is 4.90 Å². The summed E-state index contributed by atoms with van der Waals surface area (Å²) in [6.45, 7) is 4.29. The van der Waals surface area contributed by atoms with Gasteiger partial charge in [0.05, 0.1) is 5.39 Å². The van der Waals surface area contributed by atoms with Crippen LogP contribution in [0, 0.1) is 6.92 Å². The Morgan fingerprint density at radius 1 is 1.00 bits per heavy atom. The number of nitrogens with one attached hydrogen (secondary N) is 1. The van der Waals surface area contributed by atoms with E-state index in [2.05, 4.69) is 57.2 Å². The molecule has 0 radical (unpaired) electrons. The molecule has 22 heavy (non-hydrogen) atoms. The molecular weight excluding hydrogens is 272 g/mol. The third kappa shape index (κ3) is 2.25. The molecule has 1 aliphatic heterocycles. The number of hydrogen-bond donors (Lipinski definition) is 1. The molecule has 4 rings (SSSR count). The Morgan fingerprint density at radius 2 is 1.77 bits per heavy atom. The molecule has 2 aromatic heterocycles. The smallest absolute Gasteiger partial charge is 0.143 e. The zero-order valence-electron chi connectivity index (χ0n) is 12.8. The van der Waals surface area contributed by atoms with Gasteiger partial charge in [-0.05, 0) is 31.7 Å². The SMILES string of the molecule is Cc1ccc(-c2c[nH]c3ncnc(N4CCCCC4)c23)cc1. The summed E-state index contributed by atoms with van der Waals surface area (Å²) in [6.07, 6.45) is 7.54. The van der Waals surface area contributed by atoms with Crippen LogP contribution in [0.4, 0.5) is 5.82 Å². The van der Waals surface area contributed by atoms with Crippen molar-refractivity contribution in [1.82, 2.24) is 15.0 Å². The van der Waals surface area contributed by atoms with E-state index in [4.69, 9.17) is 0 Å². The summed E-state index contributed by atoms with van der Waals surface area (Å²) in [7, 11) is 0. The van der Waals surface area contributed by atoms with Crippen LogP contribution in [0.5, 0.6) is 0 Å². The highest BCUT2D eigenvalue weighted by atomic mass is 15.2. The second-order valence-corrected chi connectivity index (χ2v) is 6.04. The Labute approximate surface area is 130 Å². The second kappa shape index (κ2) is 5.44. The summed E-state index contributed by atoms with van der Waals surface area (Å²) in [4.78, 5) is 14.7. The van der Waals surface area contributed by atoms with Crippen LogP contribution in [0.3, 0.4) is 0 Å². The van der Waals surface area contributed by atoms with Crippen LogP contribution in [0.15, 0.2) is 36.8 Å². The Hall–Kier alpha value is -2.36. The molecule has 4 heteroatoms. The van der Waals surface area contributed by atoms with E-state index in [9.17, 15) is 0 Å². The van der Waals surface area contributed by atoms with Gasteiger partial charge in [-0.3, -0.25) is 0 Å².